The first-order valence-electron chi connectivity index (χ1n) is 10.9. The lowest BCUT2D eigenvalue weighted by atomic mass is 9.92. The molecule has 0 unspecified atom stereocenters. The zero-order chi connectivity index (χ0) is 25.9. The number of H-pyrrole nitrogens is 1. The predicted molar refractivity (Wildman–Crippen MR) is 143 cm³/mol. The third-order valence-electron chi connectivity index (χ3n) is 5.70. The number of aromatic nitrogens is 4. The van der Waals surface area contributed by atoms with E-state index in [2.05, 4.69) is 15.0 Å². The van der Waals surface area contributed by atoms with Crippen LogP contribution in [-0.4, -0.2) is 41.1 Å². The number of aliphatic hydroxyl groups excluding tert-OH is 1. The first-order chi connectivity index (χ1) is 17.2. The molecule has 190 valence electrons. The number of aromatic amines is 1. The van der Waals surface area contributed by atoms with Gasteiger partial charge in [-0.25, -0.2) is 9.97 Å². The van der Waals surface area contributed by atoms with E-state index < -0.39 is 3.79 Å². The fraction of sp³-hybridized carbons (Fsp3) is 0.292. The molecule has 5 rings (SSSR count). The van der Waals surface area contributed by atoms with Gasteiger partial charge >= 0.3 is 0 Å². The Kier molecular flexibility index (Phi) is 8.83. The topological polar surface area (TPSA) is 93.0 Å². The Labute approximate surface area is 231 Å². The van der Waals surface area contributed by atoms with E-state index in [1.165, 1.54) is 6.33 Å². The second kappa shape index (κ2) is 11.7. The Morgan fingerprint density at radius 2 is 1.58 bits per heavy atom. The van der Waals surface area contributed by atoms with Crippen molar-refractivity contribution < 1.29 is 9.84 Å². The average molecular weight is 591 g/mol. The normalized spacial score (nSPS) is 17.9. The summed E-state index contributed by atoms with van der Waals surface area (Å²) in [6, 6.07) is 14.5. The maximum absolute atomic E-state index is 11.5. The number of benzene rings is 2. The molecule has 3 heterocycles. The predicted octanol–water partition coefficient (Wildman–Crippen LogP) is 6.29. The Hall–Kier alpha value is -1.84. The Balaban J connectivity index is 0.000000170. The highest BCUT2D eigenvalue weighted by Gasteiger charge is 2.35. The van der Waals surface area contributed by atoms with Crippen LogP contribution in [0.4, 0.5) is 0 Å². The molecular weight excluding hydrogens is 570 g/mol. The van der Waals surface area contributed by atoms with Gasteiger partial charge in [0.15, 0.2) is 11.2 Å². The second-order valence-electron chi connectivity index (χ2n) is 8.11. The van der Waals surface area contributed by atoms with E-state index in [0.29, 0.717) is 21.2 Å². The first-order valence-corrected chi connectivity index (χ1v) is 12.8. The van der Waals surface area contributed by atoms with Crippen molar-refractivity contribution in [1.29, 1.82) is 0 Å². The molecule has 2 atom stereocenters. The summed E-state index contributed by atoms with van der Waals surface area (Å²) in [5.41, 5.74) is 2.32. The van der Waals surface area contributed by atoms with Gasteiger partial charge in [-0.1, -0.05) is 82.3 Å². The molecule has 7 nitrogen and oxygen atoms in total. The number of hydrogen-bond acceptors (Lipinski definition) is 5. The maximum Gasteiger partial charge on any atom is 0.278 e. The van der Waals surface area contributed by atoms with Gasteiger partial charge in [0, 0.05) is 10.0 Å². The zero-order valence-electron chi connectivity index (χ0n) is 18.6. The lowest BCUT2D eigenvalue weighted by Gasteiger charge is -2.25. The number of nitrogens with zero attached hydrogens (tertiary/aromatic N) is 3. The van der Waals surface area contributed by atoms with E-state index in [0.717, 1.165) is 24.0 Å². The maximum atomic E-state index is 11.5. The molecule has 1 saturated heterocycles. The number of nitrogens with one attached hydrogen (secondary N) is 1. The zero-order valence-corrected chi connectivity index (χ0v) is 22.4. The molecule has 36 heavy (non-hydrogen) atoms. The van der Waals surface area contributed by atoms with Gasteiger partial charge < -0.3 is 14.8 Å². The largest absolute Gasteiger partial charge is 0.394 e. The highest BCUT2D eigenvalue weighted by atomic mass is 35.6. The van der Waals surface area contributed by atoms with Crippen molar-refractivity contribution in [2.45, 2.75) is 34.9 Å². The molecule has 4 aromatic rings. The summed E-state index contributed by atoms with van der Waals surface area (Å²) in [6.45, 7) is 0.0111. The molecule has 0 radical (unpaired) electrons. The van der Waals surface area contributed by atoms with Crippen LogP contribution in [0, 0.1) is 0 Å². The van der Waals surface area contributed by atoms with Gasteiger partial charge in [-0.05, 0) is 48.2 Å². The van der Waals surface area contributed by atoms with Gasteiger partial charge in [-0.3, -0.25) is 9.36 Å². The summed E-state index contributed by atoms with van der Waals surface area (Å²) in [5.74, 6) is -0.382. The van der Waals surface area contributed by atoms with E-state index in [9.17, 15) is 4.79 Å². The van der Waals surface area contributed by atoms with E-state index in [4.69, 9.17) is 67.8 Å². The van der Waals surface area contributed by atoms with E-state index in [1.54, 1.807) is 35.2 Å². The van der Waals surface area contributed by atoms with Crippen LogP contribution in [-0.2, 0) is 4.74 Å². The number of halogens is 5. The van der Waals surface area contributed by atoms with Crippen molar-refractivity contribution in [3.63, 3.8) is 0 Å². The van der Waals surface area contributed by atoms with Gasteiger partial charge in [0.2, 0.25) is 3.79 Å². The fourth-order valence-corrected chi connectivity index (χ4v) is 4.99. The molecule has 1 aliphatic heterocycles. The quantitative estimate of drug-likeness (QED) is 0.273. The van der Waals surface area contributed by atoms with Crippen molar-refractivity contribution in [3.05, 3.63) is 92.7 Å². The Bertz CT molecular complexity index is 1310. The van der Waals surface area contributed by atoms with E-state index in [1.807, 2.05) is 24.3 Å². The fourth-order valence-electron chi connectivity index (χ4n) is 3.98. The molecule has 12 heteroatoms. The molecule has 1 fully saturated rings. The van der Waals surface area contributed by atoms with Gasteiger partial charge in [0.05, 0.1) is 31.3 Å². The van der Waals surface area contributed by atoms with Gasteiger partial charge in [-0.2, -0.15) is 0 Å². The molecular formula is C24H21Cl5N4O3. The molecule has 2 aromatic carbocycles. The second-order valence-corrected chi connectivity index (χ2v) is 11.3. The summed E-state index contributed by atoms with van der Waals surface area (Å²) in [7, 11) is 0. The Morgan fingerprint density at radius 1 is 1.00 bits per heavy atom. The first kappa shape index (κ1) is 27.2. The van der Waals surface area contributed by atoms with Gasteiger partial charge in [0.1, 0.15) is 6.23 Å². The van der Waals surface area contributed by atoms with Gasteiger partial charge in [-0.15, -0.1) is 0 Å². The highest BCUT2D eigenvalue weighted by molar-refractivity contribution is 6.68. The van der Waals surface area contributed by atoms with Crippen LogP contribution in [0.2, 0.25) is 10.0 Å². The highest BCUT2D eigenvalue weighted by Crippen LogP contribution is 2.46. The average Bonchev–Trinajstić information content (AvgIpc) is 3.49. The molecule has 0 bridgehead atoms. The minimum absolute atomic E-state index is 0.0111. The summed E-state index contributed by atoms with van der Waals surface area (Å²) >= 11 is 30.1. The van der Waals surface area contributed by atoms with Crippen LogP contribution in [0.3, 0.4) is 0 Å². The Morgan fingerprint density at radius 3 is 2.08 bits per heavy atom. The van der Waals surface area contributed by atoms with Crippen LogP contribution in [0.15, 0.2) is 66.0 Å². The van der Waals surface area contributed by atoms with Crippen molar-refractivity contribution in [3.8, 4) is 0 Å². The van der Waals surface area contributed by atoms with Crippen molar-refractivity contribution in [2.75, 3.05) is 6.61 Å². The molecule has 2 N–H and O–H groups in total. The lowest BCUT2D eigenvalue weighted by Crippen LogP contribution is -2.18. The number of ether oxygens (including phenoxy) is 1. The number of hydrogen-bond donors (Lipinski definition) is 2. The number of imidazole rings is 1. The molecule has 1 aliphatic rings. The number of rotatable bonds is 4. The van der Waals surface area contributed by atoms with Crippen LogP contribution < -0.4 is 5.56 Å². The number of aliphatic hydroxyl groups is 1. The molecule has 0 spiro atoms. The lowest BCUT2D eigenvalue weighted by molar-refractivity contribution is -0.0207. The standard InChI is InChI=1S/C14H9Cl5.C10H12N4O3/c15-11-5-1-9(2-6-11)13(14(17,18)19)10-3-7-12(16)8-4-10;15-3-6-1-2-7(17-6)14-5-13-8-9(14)11-4-12-10(8)16/h1-8,13H;4-7,15H,1-3H2,(H,11,12,16)/t;6-,7+/m.0/s1. The van der Waals surface area contributed by atoms with Crippen LogP contribution in [0.1, 0.15) is 36.1 Å². The third kappa shape index (κ3) is 6.34. The molecule has 0 amide bonds. The van der Waals surface area contributed by atoms with Crippen LogP contribution in [0.5, 0.6) is 0 Å². The van der Waals surface area contributed by atoms with Crippen molar-refractivity contribution in [1.82, 2.24) is 19.5 Å². The summed E-state index contributed by atoms with van der Waals surface area (Å²) in [5, 5.41) is 10.3. The molecule has 0 saturated carbocycles. The monoisotopic (exact) mass is 588 g/mol. The third-order valence-corrected chi connectivity index (χ3v) is 6.86. The molecule has 0 aliphatic carbocycles. The van der Waals surface area contributed by atoms with Crippen molar-refractivity contribution >= 4 is 69.2 Å². The smallest absolute Gasteiger partial charge is 0.278 e. The summed E-state index contributed by atoms with van der Waals surface area (Å²) < 4.78 is 5.90. The van der Waals surface area contributed by atoms with Crippen molar-refractivity contribution in [2.24, 2.45) is 0 Å². The van der Waals surface area contributed by atoms with Crippen LogP contribution in [0.25, 0.3) is 11.2 Å². The minimum atomic E-state index is -1.46. The van der Waals surface area contributed by atoms with Crippen LogP contribution >= 0.6 is 58.0 Å². The summed E-state index contributed by atoms with van der Waals surface area (Å²) in [4.78, 5) is 22.1. The minimum Gasteiger partial charge on any atom is -0.394 e. The molecule has 2 aromatic heterocycles. The van der Waals surface area contributed by atoms with Gasteiger partial charge in [0.25, 0.3) is 5.56 Å². The number of alkyl halides is 3. The number of fused-ring (bicyclic) bond motifs is 1. The SMILES string of the molecule is Clc1ccc(C(c2ccc(Cl)cc2)C(Cl)(Cl)Cl)cc1.O=c1[nH]cnc2c1ncn2[C@H]1CC[C@@H](CO)O1. The van der Waals surface area contributed by atoms with E-state index >= 15 is 0 Å². The summed E-state index contributed by atoms with van der Waals surface area (Å²) in [6.07, 6.45) is 4.14. The van der Waals surface area contributed by atoms with E-state index in [-0.39, 0.29) is 30.4 Å².